The Morgan fingerprint density at radius 2 is 2.03 bits per heavy atom. The molecule has 0 radical (unpaired) electrons. The Kier molecular flexibility index (Phi) is 6.34. The van der Waals surface area contributed by atoms with Crippen LogP contribution in [-0.4, -0.2) is 37.3 Å². The normalized spacial score (nSPS) is 11.1. The van der Waals surface area contributed by atoms with Gasteiger partial charge in [0.25, 0.3) is 0 Å². The SMILES string of the molecule is CCCN(C(=O)O)c1cccc(Cc2nn(-c3cnn(C(C)C)c3)ccc2=O)c1C. The van der Waals surface area contributed by atoms with Gasteiger partial charge in [-0.2, -0.15) is 10.2 Å². The van der Waals surface area contributed by atoms with Gasteiger partial charge in [0.1, 0.15) is 11.4 Å². The van der Waals surface area contributed by atoms with Gasteiger partial charge in [0.15, 0.2) is 0 Å². The van der Waals surface area contributed by atoms with Crippen molar-refractivity contribution in [3.8, 4) is 5.69 Å². The minimum atomic E-state index is -0.987. The lowest BCUT2D eigenvalue weighted by molar-refractivity contribution is 0.201. The summed E-state index contributed by atoms with van der Waals surface area (Å²) in [6.45, 7) is 8.30. The molecule has 8 heteroatoms. The summed E-state index contributed by atoms with van der Waals surface area (Å²) in [6, 6.07) is 7.23. The van der Waals surface area contributed by atoms with Crippen molar-refractivity contribution in [1.82, 2.24) is 19.6 Å². The predicted octanol–water partition coefficient (Wildman–Crippen LogP) is 3.80. The molecule has 0 fully saturated rings. The lowest BCUT2D eigenvalue weighted by Crippen LogP contribution is -2.30. The molecule has 0 saturated heterocycles. The molecule has 8 nitrogen and oxygen atoms in total. The summed E-state index contributed by atoms with van der Waals surface area (Å²) in [6.07, 6.45) is 5.27. The number of carbonyl (C=O) groups is 1. The van der Waals surface area contributed by atoms with Crippen molar-refractivity contribution in [2.45, 2.75) is 46.6 Å². The first-order chi connectivity index (χ1) is 14.3. The minimum Gasteiger partial charge on any atom is -0.465 e. The number of hydrogen-bond acceptors (Lipinski definition) is 4. The van der Waals surface area contributed by atoms with Crippen LogP contribution in [0.2, 0.25) is 0 Å². The third-order valence-corrected chi connectivity index (χ3v) is 5.01. The van der Waals surface area contributed by atoms with E-state index in [0.717, 1.165) is 16.8 Å². The van der Waals surface area contributed by atoms with Crippen LogP contribution in [0.15, 0.2) is 47.7 Å². The van der Waals surface area contributed by atoms with Gasteiger partial charge in [-0.25, -0.2) is 9.48 Å². The standard InChI is InChI=1S/C22H27N5O3/c1-5-10-25(22(29)30)20-8-6-7-17(16(20)4)12-19-21(28)9-11-26(24-19)18-13-23-27(14-18)15(2)3/h6-9,11,13-15H,5,10,12H2,1-4H3,(H,29,30). The first-order valence-corrected chi connectivity index (χ1v) is 10.0. The van der Waals surface area contributed by atoms with Gasteiger partial charge in [0, 0.05) is 31.3 Å². The van der Waals surface area contributed by atoms with E-state index in [2.05, 4.69) is 10.2 Å². The Labute approximate surface area is 175 Å². The Bertz CT molecular complexity index is 1100. The molecule has 3 rings (SSSR count). The first kappa shape index (κ1) is 21.3. The summed E-state index contributed by atoms with van der Waals surface area (Å²) in [4.78, 5) is 25.5. The van der Waals surface area contributed by atoms with Crippen LogP contribution in [0.25, 0.3) is 5.69 Å². The molecular weight excluding hydrogens is 382 g/mol. The van der Waals surface area contributed by atoms with Gasteiger partial charge in [0.05, 0.1) is 18.1 Å². The maximum atomic E-state index is 12.5. The third kappa shape index (κ3) is 4.42. The number of nitrogens with zero attached hydrogens (tertiary/aromatic N) is 5. The zero-order valence-electron chi connectivity index (χ0n) is 17.7. The van der Waals surface area contributed by atoms with Gasteiger partial charge in [0.2, 0.25) is 5.43 Å². The summed E-state index contributed by atoms with van der Waals surface area (Å²) < 4.78 is 3.47. The highest BCUT2D eigenvalue weighted by atomic mass is 16.4. The third-order valence-electron chi connectivity index (χ3n) is 5.01. The van der Waals surface area contributed by atoms with E-state index in [0.29, 0.717) is 30.8 Å². The minimum absolute atomic E-state index is 0.157. The molecule has 1 aromatic carbocycles. The fourth-order valence-electron chi connectivity index (χ4n) is 3.32. The van der Waals surface area contributed by atoms with Crippen LogP contribution in [0.4, 0.5) is 10.5 Å². The average molecular weight is 409 g/mol. The van der Waals surface area contributed by atoms with Crippen molar-refractivity contribution in [3.05, 3.63) is 69.9 Å². The molecule has 0 unspecified atom stereocenters. The number of carboxylic acid groups (broad SMARTS) is 1. The Morgan fingerprint density at radius 1 is 1.27 bits per heavy atom. The van der Waals surface area contributed by atoms with Crippen molar-refractivity contribution in [2.75, 3.05) is 11.4 Å². The smallest absolute Gasteiger partial charge is 0.411 e. The molecule has 0 spiro atoms. The molecule has 0 atom stereocenters. The number of amides is 1. The molecule has 1 amide bonds. The Hall–Kier alpha value is -3.42. The second kappa shape index (κ2) is 8.94. The van der Waals surface area contributed by atoms with E-state index >= 15 is 0 Å². The molecule has 2 heterocycles. The number of anilines is 1. The van der Waals surface area contributed by atoms with Gasteiger partial charge < -0.3 is 5.11 Å². The van der Waals surface area contributed by atoms with E-state index in [1.807, 2.05) is 50.7 Å². The highest BCUT2D eigenvalue weighted by Gasteiger charge is 2.18. The van der Waals surface area contributed by atoms with Crippen molar-refractivity contribution in [1.29, 1.82) is 0 Å². The van der Waals surface area contributed by atoms with E-state index in [-0.39, 0.29) is 11.5 Å². The van der Waals surface area contributed by atoms with Crippen molar-refractivity contribution in [3.63, 3.8) is 0 Å². The van der Waals surface area contributed by atoms with Gasteiger partial charge in [-0.3, -0.25) is 14.4 Å². The zero-order chi connectivity index (χ0) is 21.8. The maximum Gasteiger partial charge on any atom is 0.411 e. The molecule has 1 N–H and O–H groups in total. The summed E-state index contributed by atoms with van der Waals surface area (Å²) in [7, 11) is 0. The van der Waals surface area contributed by atoms with Gasteiger partial charge in [-0.05, 0) is 44.4 Å². The van der Waals surface area contributed by atoms with Gasteiger partial charge in [-0.15, -0.1) is 0 Å². The molecule has 0 saturated carbocycles. The van der Waals surface area contributed by atoms with Crippen molar-refractivity contribution in [2.24, 2.45) is 0 Å². The molecule has 0 aliphatic rings. The molecule has 0 aliphatic heterocycles. The number of aromatic nitrogens is 4. The molecule has 0 bridgehead atoms. The second-order valence-electron chi connectivity index (χ2n) is 7.52. The first-order valence-electron chi connectivity index (χ1n) is 10.0. The summed E-state index contributed by atoms with van der Waals surface area (Å²) in [5.74, 6) is 0. The van der Waals surface area contributed by atoms with Crippen LogP contribution in [0, 0.1) is 6.92 Å². The number of rotatable bonds is 7. The largest absolute Gasteiger partial charge is 0.465 e. The molecule has 30 heavy (non-hydrogen) atoms. The number of benzene rings is 1. The fourth-order valence-corrected chi connectivity index (χ4v) is 3.32. The van der Waals surface area contributed by atoms with Crippen LogP contribution in [0.3, 0.4) is 0 Å². The number of hydrogen-bond donors (Lipinski definition) is 1. The Balaban J connectivity index is 1.95. The van der Waals surface area contributed by atoms with Crippen LogP contribution in [-0.2, 0) is 6.42 Å². The van der Waals surface area contributed by atoms with Crippen LogP contribution in [0.5, 0.6) is 0 Å². The molecule has 0 aliphatic carbocycles. The lowest BCUT2D eigenvalue weighted by Gasteiger charge is -2.22. The quantitative estimate of drug-likeness (QED) is 0.641. The molecule has 2 aromatic heterocycles. The molecular formula is C22H27N5O3. The van der Waals surface area contributed by atoms with Crippen LogP contribution < -0.4 is 10.3 Å². The van der Waals surface area contributed by atoms with Crippen molar-refractivity contribution >= 4 is 11.8 Å². The molecule has 3 aromatic rings. The summed E-state index contributed by atoms with van der Waals surface area (Å²) in [5.41, 5.74) is 3.35. The van der Waals surface area contributed by atoms with Crippen LogP contribution >= 0.6 is 0 Å². The van der Waals surface area contributed by atoms with Gasteiger partial charge >= 0.3 is 6.09 Å². The van der Waals surface area contributed by atoms with E-state index in [4.69, 9.17) is 0 Å². The topological polar surface area (TPSA) is 93.2 Å². The van der Waals surface area contributed by atoms with E-state index in [1.165, 1.54) is 11.0 Å². The summed E-state index contributed by atoms with van der Waals surface area (Å²) >= 11 is 0. The highest BCUT2D eigenvalue weighted by Crippen LogP contribution is 2.25. The predicted molar refractivity (Wildman–Crippen MR) is 116 cm³/mol. The average Bonchev–Trinajstić information content (AvgIpc) is 3.20. The highest BCUT2D eigenvalue weighted by molar-refractivity contribution is 5.87. The van der Waals surface area contributed by atoms with Crippen molar-refractivity contribution < 1.29 is 9.90 Å². The van der Waals surface area contributed by atoms with Crippen LogP contribution in [0.1, 0.15) is 50.1 Å². The van der Waals surface area contributed by atoms with E-state index in [1.54, 1.807) is 23.1 Å². The Morgan fingerprint density at radius 3 is 2.67 bits per heavy atom. The summed E-state index contributed by atoms with van der Waals surface area (Å²) in [5, 5.41) is 18.4. The zero-order valence-corrected chi connectivity index (χ0v) is 17.7. The second-order valence-corrected chi connectivity index (χ2v) is 7.52. The lowest BCUT2D eigenvalue weighted by atomic mass is 10.0. The maximum absolute atomic E-state index is 12.5. The fraction of sp³-hybridized carbons (Fsp3) is 0.364. The van der Waals surface area contributed by atoms with E-state index < -0.39 is 6.09 Å². The molecule has 158 valence electrons. The van der Waals surface area contributed by atoms with E-state index in [9.17, 15) is 14.7 Å². The van der Waals surface area contributed by atoms with Gasteiger partial charge in [-0.1, -0.05) is 19.1 Å². The monoisotopic (exact) mass is 409 g/mol.